The number of fused-ring (bicyclic) bond motifs is 2. The number of piperidine rings is 1. The van der Waals surface area contributed by atoms with Gasteiger partial charge in [0.15, 0.2) is 0 Å². The highest BCUT2D eigenvalue weighted by Gasteiger charge is 2.40. The summed E-state index contributed by atoms with van der Waals surface area (Å²) in [6, 6.07) is 2.31. The largest absolute Gasteiger partial charge is 0.383 e. The van der Waals surface area contributed by atoms with Crippen molar-refractivity contribution in [2.45, 2.75) is 50.2 Å². The molecule has 2 heterocycles. The Hall–Kier alpha value is -0.120. The number of likely N-dealkylation sites (tertiary alicyclic amines) is 1. The first kappa shape index (κ1) is 11.0. The van der Waals surface area contributed by atoms with E-state index in [1.165, 1.54) is 45.2 Å². The molecule has 3 aliphatic rings. The lowest BCUT2D eigenvalue weighted by molar-refractivity contribution is 0.105. The number of ether oxygens (including phenoxy) is 1. The standard InChI is InChI=1S/C13H24N2O/c1-16-9-12-3-2-6-15(12)8-13-10-4-5-11(7-10)14-13/h10-14H,2-9H2,1H3/t10-,11+,12-,13+/m0/s1. The molecule has 2 bridgehead atoms. The van der Waals surface area contributed by atoms with Crippen LogP contribution in [0.4, 0.5) is 0 Å². The molecule has 0 unspecified atom stereocenters. The second kappa shape index (κ2) is 4.63. The Morgan fingerprint density at radius 1 is 1.31 bits per heavy atom. The molecule has 4 atom stereocenters. The fraction of sp³-hybridized carbons (Fsp3) is 1.00. The maximum atomic E-state index is 5.32. The molecule has 1 N–H and O–H groups in total. The molecule has 0 spiro atoms. The zero-order valence-electron chi connectivity index (χ0n) is 10.3. The molecule has 0 aromatic rings. The van der Waals surface area contributed by atoms with Gasteiger partial charge in [-0.05, 0) is 44.6 Å². The minimum Gasteiger partial charge on any atom is -0.383 e. The van der Waals surface area contributed by atoms with E-state index in [0.717, 1.165) is 24.6 Å². The molecular formula is C13H24N2O. The van der Waals surface area contributed by atoms with Gasteiger partial charge in [-0.15, -0.1) is 0 Å². The monoisotopic (exact) mass is 224 g/mol. The summed E-state index contributed by atoms with van der Waals surface area (Å²) in [7, 11) is 1.83. The first-order chi connectivity index (χ1) is 7.86. The maximum absolute atomic E-state index is 5.32. The minimum atomic E-state index is 0.686. The van der Waals surface area contributed by atoms with Crippen LogP contribution in [0.1, 0.15) is 32.1 Å². The van der Waals surface area contributed by atoms with E-state index in [0.29, 0.717) is 6.04 Å². The summed E-state index contributed by atoms with van der Waals surface area (Å²) in [5.74, 6) is 0.966. The van der Waals surface area contributed by atoms with E-state index in [9.17, 15) is 0 Å². The summed E-state index contributed by atoms with van der Waals surface area (Å²) < 4.78 is 5.32. The minimum absolute atomic E-state index is 0.686. The molecule has 0 aromatic carbocycles. The van der Waals surface area contributed by atoms with Crippen molar-refractivity contribution >= 4 is 0 Å². The van der Waals surface area contributed by atoms with Crippen molar-refractivity contribution < 1.29 is 4.74 Å². The van der Waals surface area contributed by atoms with Crippen LogP contribution in [0, 0.1) is 5.92 Å². The van der Waals surface area contributed by atoms with Gasteiger partial charge in [0.25, 0.3) is 0 Å². The highest BCUT2D eigenvalue weighted by Crippen LogP contribution is 2.36. The van der Waals surface area contributed by atoms with Gasteiger partial charge in [-0.1, -0.05) is 0 Å². The summed E-state index contributed by atoms with van der Waals surface area (Å²) >= 11 is 0. The molecule has 92 valence electrons. The molecule has 3 fully saturated rings. The van der Waals surface area contributed by atoms with Crippen molar-refractivity contribution in [2.24, 2.45) is 5.92 Å². The van der Waals surface area contributed by atoms with Gasteiger partial charge < -0.3 is 10.1 Å². The Bertz CT molecular complexity index is 246. The molecule has 1 aliphatic carbocycles. The summed E-state index contributed by atoms with van der Waals surface area (Å²) in [5, 5.41) is 3.80. The second-order valence-corrected chi connectivity index (χ2v) is 5.79. The van der Waals surface area contributed by atoms with Gasteiger partial charge in [-0.2, -0.15) is 0 Å². The topological polar surface area (TPSA) is 24.5 Å². The van der Waals surface area contributed by atoms with E-state index in [1.807, 2.05) is 7.11 Å². The van der Waals surface area contributed by atoms with E-state index < -0.39 is 0 Å². The normalized spacial score (nSPS) is 43.3. The summed E-state index contributed by atoms with van der Waals surface area (Å²) in [4.78, 5) is 2.65. The van der Waals surface area contributed by atoms with Crippen molar-refractivity contribution in [1.29, 1.82) is 0 Å². The van der Waals surface area contributed by atoms with Crippen LogP contribution in [0.5, 0.6) is 0 Å². The molecule has 3 heteroatoms. The third-order valence-corrected chi connectivity index (χ3v) is 4.78. The van der Waals surface area contributed by atoms with Crippen LogP contribution >= 0.6 is 0 Å². The first-order valence-corrected chi connectivity index (χ1v) is 6.86. The third kappa shape index (κ3) is 2.01. The number of rotatable bonds is 4. The Kier molecular flexibility index (Phi) is 3.18. The Labute approximate surface area is 98.5 Å². The smallest absolute Gasteiger partial charge is 0.0618 e. The van der Waals surface area contributed by atoms with E-state index in [-0.39, 0.29) is 0 Å². The molecular weight excluding hydrogens is 200 g/mol. The van der Waals surface area contributed by atoms with Crippen LogP contribution in [0.15, 0.2) is 0 Å². The number of hydrogen-bond acceptors (Lipinski definition) is 3. The molecule has 0 aromatic heterocycles. The van der Waals surface area contributed by atoms with Crippen LogP contribution in [-0.4, -0.2) is 49.8 Å². The van der Waals surface area contributed by atoms with Crippen LogP contribution in [-0.2, 0) is 4.74 Å². The lowest BCUT2D eigenvalue weighted by atomic mass is 9.99. The van der Waals surface area contributed by atoms with Crippen molar-refractivity contribution in [1.82, 2.24) is 10.2 Å². The molecule has 0 amide bonds. The Balaban J connectivity index is 1.54. The van der Waals surface area contributed by atoms with Gasteiger partial charge in [0, 0.05) is 31.8 Å². The van der Waals surface area contributed by atoms with Crippen LogP contribution in [0.3, 0.4) is 0 Å². The fourth-order valence-corrected chi connectivity index (χ4v) is 3.94. The number of nitrogens with zero attached hydrogens (tertiary/aromatic N) is 1. The average molecular weight is 224 g/mol. The van der Waals surface area contributed by atoms with Crippen LogP contribution < -0.4 is 5.32 Å². The van der Waals surface area contributed by atoms with Crippen LogP contribution in [0.25, 0.3) is 0 Å². The average Bonchev–Trinajstić information content (AvgIpc) is 2.96. The lowest BCUT2D eigenvalue weighted by Gasteiger charge is -2.31. The number of nitrogens with one attached hydrogen (secondary N) is 1. The van der Waals surface area contributed by atoms with E-state index in [2.05, 4.69) is 10.2 Å². The highest BCUT2D eigenvalue weighted by molar-refractivity contribution is 4.99. The second-order valence-electron chi connectivity index (χ2n) is 5.79. The molecule has 0 radical (unpaired) electrons. The van der Waals surface area contributed by atoms with Crippen LogP contribution in [0.2, 0.25) is 0 Å². The number of methoxy groups -OCH3 is 1. The summed E-state index contributed by atoms with van der Waals surface area (Å²) in [5.41, 5.74) is 0. The van der Waals surface area contributed by atoms with Crippen molar-refractivity contribution in [3.05, 3.63) is 0 Å². The quantitative estimate of drug-likeness (QED) is 0.777. The van der Waals surface area contributed by atoms with Gasteiger partial charge in [-0.3, -0.25) is 4.90 Å². The lowest BCUT2D eigenvalue weighted by Crippen LogP contribution is -2.46. The molecule has 16 heavy (non-hydrogen) atoms. The fourth-order valence-electron chi connectivity index (χ4n) is 3.94. The van der Waals surface area contributed by atoms with Gasteiger partial charge >= 0.3 is 0 Å². The van der Waals surface area contributed by atoms with Gasteiger partial charge in [0.2, 0.25) is 0 Å². The number of hydrogen-bond donors (Lipinski definition) is 1. The summed E-state index contributed by atoms with van der Waals surface area (Å²) in [6.07, 6.45) is 7.00. The van der Waals surface area contributed by atoms with Gasteiger partial charge in [-0.25, -0.2) is 0 Å². The first-order valence-electron chi connectivity index (χ1n) is 6.86. The predicted octanol–water partition coefficient (Wildman–Crippen LogP) is 1.24. The van der Waals surface area contributed by atoms with Crippen molar-refractivity contribution in [3.8, 4) is 0 Å². The predicted molar refractivity (Wildman–Crippen MR) is 64.5 cm³/mol. The third-order valence-electron chi connectivity index (χ3n) is 4.78. The Morgan fingerprint density at radius 3 is 2.94 bits per heavy atom. The molecule has 2 saturated heterocycles. The maximum Gasteiger partial charge on any atom is 0.0618 e. The molecule has 3 nitrogen and oxygen atoms in total. The van der Waals surface area contributed by atoms with Gasteiger partial charge in [0.05, 0.1) is 6.61 Å². The SMILES string of the molecule is COC[C@@H]1CCCN1C[C@H]1N[C@@H]2CC[C@H]1C2. The van der Waals surface area contributed by atoms with E-state index in [1.54, 1.807) is 0 Å². The molecule has 2 aliphatic heterocycles. The van der Waals surface area contributed by atoms with E-state index in [4.69, 9.17) is 4.74 Å². The summed E-state index contributed by atoms with van der Waals surface area (Å²) in [6.45, 7) is 3.46. The van der Waals surface area contributed by atoms with Gasteiger partial charge in [0.1, 0.15) is 0 Å². The molecule has 3 rings (SSSR count). The Morgan fingerprint density at radius 2 is 2.25 bits per heavy atom. The van der Waals surface area contributed by atoms with Crippen molar-refractivity contribution in [2.75, 3.05) is 26.8 Å². The van der Waals surface area contributed by atoms with E-state index >= 15 is 0 Å². The highest BCUT2D eigenvalue weighted by atomic mass is 16.5. The van der Waals surface area contributed by atoms with Crippen molar-refractivity contribution in [3.63, 3.8) is 0 Å². The molecule has 1 saturated carbocycles. The zero-order chi connectivity index (χ0) is 11.0. The zero-order valence-corrected chi connectivity index (χ0v) is 10.3.